The molecule has 0 aliphatic heterocycles. The Hall–Kier alpha value is -2.28. The molecule has 0 unspecified atom stereocenters. The quantitative estimate of drug-likeness (QED) is 0.797. The SMILES string of the molecule is CCc1nc(C)c(C(=O)N(C)Cc2nc3ccc(F)cc3[nH]2)s1. The number of aromatic nitrogens is 3. The summed E-state index contributed by atoms with van der Waals surface area (Å²) in [6.45, 7) is 4.19. The molecule has 1 N–H and O–H groups in total. The number of hydrogen-bond acceptors (Lipinski definition) is 4. The molecule has 120 valence electrons. The minimum atomic E-state index is -0.315. The number of thiazole rings is 1. The molecule has 23 heavy (non-hydrogen) atoms. The molecule has 0 spiro atoms. The maximum Gasteiger partial charge on any atom is 0.266 e. The summed E-state index contributed by atoms with van der Waals surface area (Å²) in [6.07, 6.45) is 0.817. The minimum Gasteiger partial charge on any atom is -0.340 e. The number of halogens is 1. The van der Waals surface area contributed by atoms with Gasteiger partial charge in [0.15, 0.2) is 0 Å². The topological polar surface area (TPSA) is 61.9 Å². The van der Waals surface area contributed by atoms with Crippen molar-refractivity contribution in [1.82, 2.24) is 19.9 Å². The molecule has 0 saturated carbocycles. The first kappa shape index (κ1) is 15.6. The van der Waals surface area contributed by atoms with E-state index >= 15 is 0 Å². The fraction of sp³-hybridized carbons (Fsp3) is 0.312. The number of benzene rings is 1. The highest BCUT2D eigenvalue weighted by atomic mass is 32.1. The predicted octanol–water partition coefficient (Wildman–Crippen LogP) is 3.30. The van der Waals surface area contributed by atoms with E-state index in [1.807, 2.05) is 13.8 Å². The van der Waals surface area contributed by atoms with Crippen LogP contribution in [0.5, 0.6) is 0 Å². The second-order valence-corrected chi connectivity index (χ2v) is 6.47. The summed E-state index contributed by atoms with van der Waals surface area (Å²) in [5.74, 6) is 0.232. The van der Waals surface area contributed by atoms with Gasteiger partial charge in [-0.3, -0.25) is 4.79 Å². The number of fused-ring (bicyclic) bond motifs is 1. The maximum absolute atomic E-state index is 13.2. The second kappa shape index (κ2) is 6.08. The summed E-state index contributed by atoms with van der Waals surface area (Å²) in [5, 5.41) is 0.957. The minimum absolute atomic E-state index is 0.0775. The molecule has 1 amide bonds. The molecule has 3 aromatic rings. The first-order valence-electron chi connectivity index (χ1n) is 7.34. The maximum atomic E-state index is 13.2. The van der Waals surface area contributed by atoms with Gasteiger partial charge in [-0.15, -0.1) is 11.3 Å². The van der Waals surface area contributed by atoms with E-state index in [2.05, 4.69) is 15.0 Å². The summed E-state index contributed by atoms with van der Waals surface area (Å²) >= 11 is 1.43. The van der Waals surface area contributed by atoms with Gasteiger partial charge in [0.1, 0.15) is 16.5 Å². The van der Waals surface area contributed by atoms with Crippen LogP contribution in [0.3, 0.4) is 0 Å². The molecule has 0 aliphatic rings. The molecule has 0 radical (unpaired) electrons. The Morgan fingerprint density at radius 3 is 2.87 bits per heavy atom. The number of H-pyrrole nitrogens is 1. The zero-order valence-corrected chi connectivity index (χ0v) is 14.0. The number of imidazole rings is 1. The summed E-state index contributed by atoms with van der Waals surface area (Å²) in [4.78, 5) is 26.6. The molecule has 1 aromatic carbocycles. The highest BCUT2D eigenvalue weighted by Gasteiger charge is 2.19. The van der Waals surface area contributed by atoms with Crippen LogP contribution in [0, 0.1) is 12.7 Å². The van der Waals surface area contributed by atoms with Crippen LogP contribution >= 0.6 is 11.3 Å². The van der Waals surface area contributed by atoms with E-state index in [1.165, 1.54) is 23.5 Å². The fourth-order valence-corrected chi connectivity index (χ4v) is 3.38. The summed E-state index contributed by atoms with van der Waals surface area (Å²) in [7, 11) is 1.72. The average molecular weight is 332 g/mol. The third-order valence-corrected chi connectivity index (χ3v) is 4.85. The lowest BCUT2D eigenvalue weighted by Crippen LogP contribution is -2.26. The van der Waals surface area contributed by atoms with E-state index in [1.54, 1.807) is 18.0 Å². The van der Waals surface area contributed by atoms with Gasteiger partial charge in [-0.1, -0.05) is 6.92 Å². The largest absolute Gasteiger partial charge is 0.340 e. The van der Waals surface area contributed by atoms with E-state index in [4.69, 9.17) is 0 Å². The first-order valence-corrected chi connectivity index (χ1v) is 8.15. The van der Waals surface area contributed by atoms with Crippen molar-refractivity contribution in [2.45, 2.75) is 26.8 Å². The van der Waals surface area contributed by atoms with Gasteiger partial charge in [0.05, 0.1) is 28.3 Å². The zero-order chi connectivity index (χ0) is 16.6. The summed E-state index contributed by atoms with van der Waals surface area (Å²) < 4.78 is 13.2. The normalized spacial score (nSPS) is 11.1. The summed E-state index contributed by atoms with van der Waals surface area (Å²) in [6, 6.07) is 4.39. The number of aromatic amines is 1. The van der Waals surface area contributed by atoms with Crippen molar-refractivity contribution in [2.75, 3.05) is 7.05 Å². The molecule has 2 heterocycles. The van der Waals surface area contributed by atoms with Gasteiger partial charge >= 0.3 is 0 Å². The lowest BCUT2D eigenvalue weighted by atomic mass is 10.3. The summed E-state index contributed by atoms with van der Waals surface area (Å²) in [5.41, 5.74) is 2.07. The van der Waals surface area contributed by atoms with Crippen LogP contribution in [0.4, 0.5) is 4.39 Å². The number of nitrogens with one attached hydrogen (secondary N) is 1. The molecule has 0 bridgehead atoms. The first-order chi connectivity index (χ1) is 11.0. The van der Waals surface area contributed by atoms with Crippen molar-refractivity contribution < 1.29 is 9.18 Å². The number of aryl methyl sites for hydroxylation is 2. The van der Waals surface area contributed by atoms with E-state index in [0.717, 1.165) is 17.1 Å². The van der Waals surface area contributed by atoms with Crippen molar-refractivity contribution in [3.63, 3.8) is 0 Å². The number of nitrogens with zero attached hydrogens (tertiary/aromatic N) is 3. The molecule has 0 saturated heterocycles. The smallest absolute Gasteiger partial charge is 0.266 e. The van der Waals surface area contributed by atoms with Gasteiger partial charge in [0.25, 0.3) is 5.91 Å². The number of amides is 1. The van der Waals surface area contributed by atoms with Crippen LogP contribution in [0.2, 0.25) is 0 Å². The van der Waals surface area contributed by atoms with E-state index in [-0.39, 0.29) is 11.7 Å². The Bertz CT molecular complexity index is 870. The van der Waals surface area contributed by atoms with Crippen molar-refractivity contribution in [2.24, 2.45) is 0 Å². The van der Waals surface area contributed by atoms with Gasteiger partial charge < -0.3 is 9.88 Å². The number of carbonyl (C=O) groups excluding carboxylic acids is 1. The lowest BCUT2D eigenvalue weighted by Gasteiger charge is -2.14. The Morgan fingerprint density at radius 1 is 1.39 bits per heavy atom. The van der Waals surface area contributed by atoms with Gasteiger partial charge in [0.2, 0.25) is 0 Å². The molecule has 2 aromatic heterocycles. The van der Waals surface area contributed by atoms with Crippen LogP contribution in [0.15, 0.2) is 18.2 Å². The van der Waals surface area contributed by atoms with Gasteiger partial charge in [-0.25, -0.2) is 14.4 Å². The Labute approximate surface area is 137 Å². The molecule has 0 aliphatic carbocycles. The Balaban J connectivity index is 1.80. The second-order valence-electron chi connectivity index (χ2n) is 5.38. The molecule has 0 fully saturated rings. The lowest BCUT2D eigenvalue weighted by molar-refractivity contribution is 0.0786. The molecular formula is C16H17FN4OS. The molecule has 5 nitrogen and oxygen atoms in total. The third-order valence-electron chi connectivity index (χ3n) is 3.56. The number of rotatable bonds is 4. The number of hydrogen-bond donors (Lipinski definition) is 1. The van der Waals surface area contributed by atoms with E-state index in [9.17, 15) is 9.18 Å². The van der Waals surface area contributed by atoms with Crippen LogP contribution in [0.1, 0.15) is 33.1 Å². The van der Waals surface area contributed by atoms with Crippen LogP contribution in [0.25, 0.3) is 11.0 Å². The van der Waals surface area contributed by atoms with E-state index < -0.39 is 0 Å². The van der Waals surface area contributed by atoms with Gasteiger partial charge in [0, 0.05) is 7.05 Å². The Kier molecular flexibility index (Phi) is 4.12. The molecular weight excluding hydrogens is 315 g/mol. The third kappa shape index (κ3) is 3.10. The van der Waals surface area contributed by atoms with Gasteiger partial charge in [-0.05, 0) is 31.5 Å². The number of carbonyl (C=O) groups is 1. The zero-order valence-electron chi connectivity index (χ0n) is 13.2. The van der Waals surface area contributed by atoms with E-state index in [0.29, 0.717) is 28.3 Å². The van der Waals surface area contributed by atoms with Crippen LogP contribution in [-0.4, -0.2) is 32.8 Å². The molecule has 7 heteroatoms. The standard InChI is InChI=1S/C16H17FN4OS/c1-4-14-18-9(2)15(23-14)16(22)21(3)8-13-19-11-6-5-10(17)7-12(11)20-13/h5-7H,4,8H2,1-3H3,(H,19,20). The van der Waals surface area contributed by atoms with Crippen LogP contribution < -0.4 is 0 Å². The van der Waals surface area contributed by atoms with Crippen molar-refractivity contribution in [1.29, 1.82) is 0 Å². The fourth-order valence-electron chi connectivity index (χ4n) is 2.38. The predicted molar refractivity (Wildman–Crippen MR) is 88.1 cm³/mol. The van der Waals surface area contributed by atoms with Crippen molar-refractivity contribution in [3.05, 3.63) is 45.4 Å². The molecule has 3 rings (SSSR count). The Morgan fingerprint density at radius 2 is 2.17 bits per heavy atom. The van der Waals surface area contributed by atoms with Gasteiger partial charge in [-0.2, -0.15) is 0 Å². The monoisotopic (exact) mass is 332 g/mol. The highest BCUT2D eigenvalue weighted by molar-refractivity contribution is 7.13. The average Bonchev–Trinajstić information content (AvgIpc) is 3.08. The van der Waals surface area contributed by atoms with Crippen molar-refractivity contribution in [3.8, 4) is 0 Å². The highest BCUT2D eigenvalue weighted by Crippen LogP contribution is 2.21. The molecule has 0 atom stereocenters. The van der Waals surface area contributed by atoms with Crippen molar-refractivity contribution >= 4 is 28.3 Å². The van der Waals surface area contributed by atoms with Crippen LogP contribution in [-0.2, 0) is 13.0 Å².